The number of amides is 1. The summed E-state index contributed by atoms with van der Waals surface area (Å²) in [5.74, 6) is 1.46. The highest BCUT2D eigenvalue weighted by Crippen LogP contribution is 2.43. The number of carboxylic acid groups (broad SMARTS) is 1. The highest BCUT2D eigenvalue weighted by Gasteiger charge is 2.44. The fraction of sp³-hybridized carbons (Fsp3) is 0.235. The number of carbonyl (C=O) groups is 3. The quantitative estimate of drug-likeness (QED) is 0.263. The third-order valence-corrected chi connectivity index (χ3v) is 8.12. The molecule has 44 heavy (non-hydrogen) atoms. The lowest BCUT2D eigenvalue weighted by molar-refractivity contribution is -0.00572. The number of hydrogen-bond donors (Lipinski definition) is 1. The van der Waals surface area contributed by atoms with Crippen molar-refractivity contribution in [2.45, 2.75) is 24.9 Å². The number of rotatable bonds is 6. The zero-order chi connectivity index (χ0) is 30.8. The minimum absolute atomic E-state index is 0.0512. The van der Waals surface area contributed by atoms with Crippen molar-refractivity contribution in [3.63, 3.8) is 0 Å². The molecule has 0 bridgehead atoms. The molecule has 0 aliphatic carbocycles. The Morgan fingerprint density at radius 3 is 2.25 bits per heavy atom. The van der Waals surface area contributed by atoms with Gasteiger partial charge in [0.1, 0.15) is 22.8 Å². The SMILES string of the molecule is COc1cc(C(=O)N2CCC3(CC2)CC(=O)c2cc(-c4cncc(OC(=O)O)c4)ccc2O3)cc(OC)c1-c1ccccc1. The largest absolute Gasteiger partial charge is 0.511 e. The Labute approximate surface area is 253 Å². The molecule has 4 aromatic rings. The van der Waals surface area contributed by atoms with E-state index in [0.717, 1.165) is 11.1 Å². The number of benzene rings is 3. The van der Waals surface area contributed by atoms with Crippen LogP contribution in [0.3, 0.4) is 0 Å². The molecule has 6 rings (SSSR count). The standard InChI is InChI=1S/C34H30N2O8/c1-41-29-16-23(17-30(42-2)31(29)21-6-4-3-5-7-21)32(38)36-12-10-34(11-13-36)18-27(37)26-15-22(8-9-28(26)44-34)24-14-25(20-35-19-24)43-33(39)40/h3-9,14-17,19-20H,10-13,18H2,1-2H3,(H,39,40). The van der Waals surface area contributed by atoms with Gasteiger partial charge in [0.05, 0.1) is 38.0 Å². The molecule has 224 valence electrons. The predicted molar refractivity (Wildman–Crippen MR) is 161 cm³/mol. The van der Waals surface area contributed by atoms with E-state index < -0.39 is 11.8 Å². The summed E-state index contributed by atoms with van der Waals surface area (Å²) in [6.07, 6.45) is 2.63. The first-order valence-electron chi connectivity index (χ1n) is 14.1. The topological polar surface area (TPSA) is 124 Å². The Bertz CT molecular complexity index is 1720. The molecular formula is C34H30N2O8. The minimum atomic E-state index is -1.43. The lowest BCUT2D eigenvalue weighted by Crippen LogP contribution is -2.52. The first-order valence-corrected chi connectivity index (χ1v) is 14.1. The Hall–Kier alpha value is -5.38. The predicted octanol–water partition coefficient (Wildman–Crippen LogP) is 6.13. The molecular weight excluding hydrogens is 564 g/mol. The highest BCUT2D eigenvalue weighted by atomic mass is 16.7. The average molecular weight is 595 g/mol. The fourth-order valence-corrected chi connectivity index (χ4v) is 5.91. The van der Waals surface area contributed by atoms with Crippen LogP contribution in [0.15, 0.2) is 79.1 Å². The number of Topliss-reactive ketones (excluding diaryl/α,β-unsaturated/α-hetero) is 1. The Kier molecular flexibility index (Phi) is 7.65. The van der Waals surface area contributed by atoms with Crippen LogP contribution >= 0.6 is 0 Å². The normalized spacial score (nSPS) is 15.2. The number of hydrogen-bond acceptors (Lipinski definition) is 8. The number of nitrogens with zero attached hydrogens (tertiary/aromatic N) is 2. The van der Waals surface area contributed by atoms with Crippen LogP contribution in [0.5, 0.6) is 23.0 Å². The Morgan fingerprint density at radius 1 is 0.886 bits per heavy atom. The summed E-state index contributed by atoms with van der Waals surface area (Å²) in [6, 6.07) is 20.0. The van der Waals surface area contributed by atoms with Crippen LogP contribution in [0.2, 0.25) is 0 Å². The number of piperidine rings is 1. The van der Waals surface area contributed by atoms with E-state index in [1.807, 2.05) is 30.3 Å². The minimum Gasteiger partial charge on any atom is -0.496 e. The molecule has 0 saturated carbocycles. The molecule has 10 heteroatoms. The lowest BCUT2D eigenvalue weighted by atomic mass is 9.82. The molecule has 3 aromatic carbocycles. The number of aromatic nitrogens is 1. The summed E-state index contributed by atoms with van der Waals surface area (Å²) >= 11 is 0. The van der Waals surface area contributed by atoms with Crippen molar-refractivity contribution >= 4 is 17.8 Å². The van der Waals surface area contributed by atoms with Crippen molar-refractivity contribution in [3.05, 3.63) is 90.3 Å². The molecule has 3 heterocycles. The second-order valence-electron chi connectivity index (χ2n) is 10.8. The van der Waals surface area contributed by atoms with Gasteiger partial charge in [-0.05, 0) is 41.5 Å². The van der Waals surface area contributed by atoms with Gasteiger partial charge in [-0.3, -0.25) is 14.6 Å². The zero-order valence-electron chi connectivity index (χ0n) is 24.2. The van der Waals surface area contributed by atoms with Crippen molar-refractivity contribution in [2.24, 2.45) is 0 Å². The van der Waals surface area contributed by atoms with Gasteiger partial charge in [0.25, 0.3) is 5.91 Å². The van der Waals surface area contributed by atoms with Gasteiger partial charge >= 0.3 is 6.16 Å². The van der Waals surface area contributed by atoms with E-state index in [9.17, 15) is 14.4 Å². The maximum atomic E-state index is 13.6. The van der Waals surface area contributed by atoms with Gasteiger partial charge in [-0.2, -0.15) is 0 Å². The van der Waals surface area contributed by atoms with E-state index in [1.165, 1.54) is 6.20 Å². The smallest absolute Gasteiger partial charge is 0.496 e. The van der Waals surface area contributed by atoms with Gasteiger partial charge in [-0.15, -0.1) is 0 Å². The van der Waals surface area contributed by atoms with Crippen LogP contribution in [0.4, 0.5) is 4.79 Å². The van der Waals surface area contributed by atoms with Gasteiger partial charge in [0.2, 0.25) is 0 Å². The van der Waals surface area contributed by atoms with E-state index in [4.69, 9.17) is 24.1 Å². The van der Waals surface area contributed by atoms with Gasteiger partial charge in [-0.25, -0.2) is 4.79 Å². The van der Waals surface area contributed by atoms with Crippen molar-refractivity contribution in [2.75, 3.05) is 27.3 Å². The summed E-state index contributed by atoms with van der Waals surface area (Å²) in [7, 11) is 3.14. The highest BCUT2D eigenvalue weighted by molar-refractivity contribution is 6.01. The average Bonchev–Trinajstić information content (AvgIpc) is 3.04. The maximum absolute atomic E-state index is 13.6. The Balaban J connectivity index is 1.18. The molecule has 10 nitrogen and oxygen atoms in total. The lowest BCUT2D eigenvalue weighted by Gasteiger charge is -2.44. The molecule has 0 radical (unpaired) electrons. The fourth-order valence-electron chi connectivity index (χ4n) is 5.91. The van der Waals surface area contributed by atoms with Crippen molar-refractivity contribution in [3.8, 4) is 45.3 Å². The van der Waals surface area contributed by atoms with E-state index in [-0.39, 0.29) is 23.9 Å². The van der Waals surface area contributed by atoms with Crippen LogP contribution in [0, 0.1) is 0 Å². The summed E-state index contributed by atoms with van der Waals surface area (Å²) < 4.78 is 22.5. The maximum Gasteiger partial charge on any atom is 0.511 e. The molecule has 1 N–H and O–H groups in total. The number of carbonyl (C=O) groups excluding carboxylic acids is 2. The van der Waals surface area contributed by atoms with E-state index in [1.54, 1.807) is 61.7 Å². The van der Waals surface area contributed by atoms with Gasteiger partial charge in [0.15, 0.2) is 11.5 Å². The van der Waals surface area contributed by atoms with Crippen LogP contribution in [0.25, 0.3) is 22.3 Å². The van der Waals surface area contributed by atoms with Crippen molar-refractivity contribution < 1.29 is 38.4 Å². The van der Waals surface area contributed by atoms with E-state index in [2.05, 4.69) is 4.98 Å². The summed E-state index contributed by atoms with van der Waals surface area (Å²) in [5.41, 5.74) is 3.20. The van der Waals surface area contributed by atoms with E-state index in [0.29, 0.717) is 65.4 Å². The monoisotopic (exact) mass is 594 g/mol. The number of methoxy groups -OCH3 is 2. The third-order valence-electron chi connectivity index (χ3n) is 8.12. The van der Waals surface area contributed by atoms with Crippen molar-refractivity contribution in [1.82, 2.24) is 9.88 Å². The van der Waals surface area contributed by atoms with Crippen molar-refractivity contribution in [1.29, 1.82) is 0 Å². The summed E-state index contributed by atoms with van der Waals surface area (Å²) in [4.78, 5) is 43.7. The molecule has 0 unspecified atom stereocenters. The molecule has 1 aromatic heterocycles. The van der Waals surface area contributed by atoms with Crippen LogP contribution < -0.4 is 18.9 Å². The number of fused-ring (bicyclic) bond motifs is 1. The molecule has 2 aliphatic rings. The van der Waals surface area contributed by atoms with Crippen LogP contribution in [-0.2, 0) is 0 Å². The second kappa shape index (κ2) is 11.7. The molecule has 1 fully saturated rings. The Morgan fingerprint density at radius 2 is 1.59 bits per heavy atom. The summed E-state index contributed by atoms with van der Waals surface area (Å²) in [6.45, 7) is 0.847. The molecule has 1 amide bonds. The molecule has 2 aliphatic heterocycles. The molecule has 1 saturated heterocycles. The summed E-state index contributed by atoms with van der Waals surface area (Å²) in [5, 5.41) is 8.90. The van der Waals surface area contributed by atoms with Gasteiger partial charge < -0.3 is 29.0 Å². The second-order valence-corrected chi connectivity index (χ2v) is 10.8. The first-order chi connectivity index (χ1) is 21.3. The number of ketones is 1. The van der Waals surface area contributed by atoms with Gasteiger partial charge in [-0.1, -0.05) is 36.4 Å². The number of ether oxygens (including phenoxy) is 4. The first kappa shape index (κ1) is 28.7. The molecule has 0 atom stereocenters. The zero-order valence-corrected chi connectivity index (χ0v) is 24.2. The van der Waals surface area contributed by atoms with E-state index >= 15 is 0 Å². The number of likely N-dealkylation sites (tertiary alicyclic amines) is 1. The van der Waals surface area contributed by atoms with Crippen LogP contribution in [0.1, 0.15) is 40.0 Å². The molecule has 1 spiro atoms. The van der Waals surface area contributed by atoms with Gasteiger partial charge in [0, 0.05) is 43.3 Å². The van der Waals surface area contributed by atoms with Crippen LogP contribution in [-0.4, -0.2) is 65.7 Å². The third kappa shape index (κ3) is 5.54. The number of pyridine rings is 1.